The molecule has 0 bridgehead atoms. The first-order valence-corrected chi connectivity index (χ1v) is 7.17. The number of nitrogens with zero attached hydrogens (tertiary/aromatic N) is 2. The van der Waals surface area contributed by atoms with Gasteiger partial charge in [0.05, 0.1) is 24.4 Å². The van der Waals surface area contributed by atoms with E-state index in [2.05, 4.69) is 31.2 Å². The summed E-state index contributed by atoms with van der Waals surface area (Å²) >= 11 is 4.89. The van der Waals surface area contributed by atoms with E-state index in [0.29, 0.717) is 16.3 Å². The lowest BCUT2D eigenvalue weighted by molar-refractivity contribution is 0.288. The fourth-order valence-corrected chi connectivity index (χ4v) is 2.28. The third-order valence-electron chi connectivity index (χ3n) is 2.30. The molecule has 0 saturated carbocycles. The Morgan fingerprint density at radius 1 is 1.65 bits per heavy atom. The van der Waals surface area contributed by atoms with Crippen LogP contribution < -0.4 is 10.1 Å². The minimum atomic E-state index is 0.0703. The number of nitrogens with one attached hydrogen (secondary N) is 1. The van der Waals surface area contributed by atoms with Gasteiger partial charge < -0.3 is 15.2 Å². The number of aromatic nitrogens is 2. The van der Waals surface area contributed by atoms with Crippen LogP contribution in [0.25, 0.3) is 0 Å². The Morgan fingerprint density at radius 2 is 2.35 bits per heavy atom. The fourth-order valence-electron chi connectivity index (χ4n) is 1.30. The molecule has 1 aromatic rings. The van der Waals surface area contributed by atoms with E-state index in [1.54, 1.807) is 25.1 Å². The predicted molar refractivity (Wildman–Crippen MR) is 73.8 cm³/mol. The second-order valence-corrected chi connectivity index (χ2v) is 5.37. The Morgan fingerprint density at radius 3 is 2.88 bits per heavy atom. The molecule has 0 saturated heterocycles. The number of anilines is 1. The summed E-state index contributed by atoms with van der Waals surface area (Å²) in [6, 6.07) is 0.0703. The molecule has 2 unspecified atom stereocenters. The van der Waals surface area contributed by atoms with Crippen LogP contribution in [0.1, 0.15) is 6.92 Å². The van der Waals surface area contributed by atoms with Crippen LogP contribution in [0.3, 0.4) is 0 Å². The van der Waals surface area contributed by atoms with Gasteiger partial charge in [0, 0.05) is 11.3 Å². The first-order valence-electron chi connectivity index (χ1n) is 5.09. The number of hydrogen-bond donors (Lipinski definition) is 2. The van der Waals surface area contributed by atoms with Gasteiger partial charge in [0.1, 0.15) is 0 Å². The minimum absolute atomic E-state index is 0.0703. The first kappa shape index (κ1) is 14.5. The van der Waals surface area contributed by atoms with Crippen molar-refractivity contribution >= 4 is 33.6 Å². The summed E-state index contributed by atoms with van der Waals surface area (Å²) in [5.41, 5.74) is 0. The van der Waals surface area contributed by atoms with Gasteiger partial charge >= 0.3 is 0 Å². The lowest BCUT2D eigenvalue weighted by Crippen LogP contribution is -2.31. The van der Waals surface area contributed by atoms with Crippen LogP contribution >= 0.6 is 27.7 Å². The van der Waals surface area contributed by atoms with Gasteiger partial charge in [0.2, 0.25) is 11.8 Å². The second kappa shape index (κ2) is 7.03. The van der Waals surface area contributed by atoms with Gasteiger partial charge in [-0.05, 0) is 29.1 Å². The zero-order chi connectivity index (χ0) is 12.8. The lowest BCUT2D eigenvalue weighted by atomic mass is 10.2. The molecule has 0 aliphatic rings. The van der Waals surface area contributed by atoms with E-state index in [0.717, 1.165) is 0 Å². The first-order chi connectivity index (χ1) is 8.12. The average molecular weight is 322 g/mol. The van der Waals surface area contributed by atoms with Gasteiger partial charge in [-0.2, -0.15) is 16.7 Å². The summed E-state index contributed by atoms with van der Waals surface area (Å²) in [6.45, 7) is 2.10. The number of hydrogen-bond acceptors (Lipinski definition) is 6. The zero-order valence-electron chi connectivity index (χ0n) is 9.98. The van der Waals surface area contributed by atoms with Crippen LogP contribution in [0.4, 0.5) is 5.95 Å². The van der Waals surface area contributed by atoms with Gasteiger partial charge in [0.15, 0.2) is 0 Å². The van der Waals surface area contributed by atoms with Crippen molar-refractivity contribution in [3.05, 3.63) is 10.7 Å². The molecule has 0 amide bonds. The number of ether oxygens (including phenoxy) is 1. The molecule has 17 heavy (non-hydrogen) atoms. The summed E-state index contributed by atoms with van der Waals surface area (Å²) in [6.07, 6.45) is 3.59. The summed E-state index contributed by atoms with van der Waals surface area (Å²) in [4.78, 5) is 8.34. The predicted octanol–water partition coefficient (Wildman–Crippen LogP) is 1.77. The molecule has 0 aliphatic carbocycles. The van der Waals surface area contributed by atoms with Gasteiger partial charge in [-0.1, -0.05) is 0 Å². The quantitative estimate of drug-likeness (QED) is 0.832. The highest BCUT2D eigenvalue weighted by molar-refractivity contribution is 9.10. The second-order valence-electron chi connectivity index (χ2n) is 3.44. The van der Waals surface area contributed by atoms with Crippen LogP contribution in [-0.2, 0) is 0 Å². The molecule has 0 aromatic carbocycles. The number of halogens is 1. The van der Waals surface area contributed by atoms with Gasteiger partial charge in [-0.15, -0.1) is 0 Å². The summed E-state index contributed by atoms with van der Waals surface area (Å²) in [7, 11) is 1.55. The fraction of sp³-hybridized carbons (Fsp3) is 0.600. The van der Waals surface area contributed by atoms with E-state index in [1.807, 2.05) is 13.2 Å². The smallest absolute Gasteiger partial charge is 0.232 e. The number of aliphatic hydroxyl groups excluding tert-OH is 1. The van der Waals surface area contributed by atoms with Crippen LogP contribution in [0, 0.1) is 0 Å². The van der Waals surface area contributed by atoms with Crippen molar-refractivity contribution in [1.29, 1.82) is 0 Å². The van der Waals surface area contributed by atoms with Crippen LogP contribution in [0.2, 0.25) is 0 Å². The molecule has 1 heterocycles. The summed E-state index contributed by atoms with van der Waals surface area (Å²) in [5, 5.41) is 12.4. The maximum Gasteiger partial charge on any atom is 0.232 e. The largest absolute Gasteiger partial charge is 0.480 e. The molecule has 0 fully saturated rings. The van der Waals surface area contributed by atoms with Crippen LogP contribution in [0.15, 0.2) is 10.7 Å². The highest BCUT2D eigenvalue weighted by atomic mass is 79.9. The third kappa shape index (κ3) is 4.01. The van der Waals surface area contributed by atoms with E-state index >= 15 is 0 Å². The average Bonchev–Trinajstić information content (AvgIpc) is 2.33. The number of rotatable bonds is 6. The maximum absolute atomic E-state index is 9.19. The Labute approximate surface area is 114 Å². The highest BCUT2D eigenvalue weighted by Gasteiger charge is 2.16. The van der Waals surface area contributed by atoms with Crippen molar-refractivity contribution in [1.82, 2.24) is 9.97 Å². The van der Waals surface area contributed by atoms with E-state index in [1.165, 1.54) is 0 Å². The lowest BCUT2D eigenvalue weighted by Gasteiger charge is -2.21. The maximum atomic E-state index is 9.19. The summed E-state index contributed by atoms with van der Waals surface area (Å²) in [5.74, 6) is 0.976. The molecule has 1 aromatic heterocycles. The standard InChI is InChI=1S/C10H16BrN3O2S/c1-6(8(5-15)17-3)13-10-12-4-7(11)9(14-10)16-2/h4,6,8,15H,5H2,1-3H3,(H,12,13,14). The van der Waals surface area contributed by atoms with Gasteiger partial charge in [0.25, 0.3) is 0 Å². The highest BCUT2D eigenvalue weighted by Crippen LogP contribution is 2.22. The molecule has 0 radical (unpaired) electrons. The number of methoxy groups -OCH3 is 1. The van der Waals surface area contributed by atoms with Crippen molar-refractivity contribution < 1.29 is 9.84 Å². The molecule has 5 nitrogen and oxygen atoms in total. The Hall–Kier alpha value is -0.530. The van der Waals surface area contributed by atoms with E-state index in [9.17, 15) is 5.11 Å². The third-order valence-corrected chi connectivity index (χ3v) is 4.01. The van der Waals surface area contributed by atoms with E-state index < -0.39 is 0 Å². The Balaban J connectivity index is 2.74. The SMILES string of the molecule is COc1nc(NC(C)C(CO)SC)ncc1Br. The molecule has 2 N–H and O–H groups in total. The molecule has 2 atom stereocenters. The normalized spacial score (nSPS) is 14.2. The van der Waals surface area contributed by atoms with Crippen molar-refractivity contribution in [2.45, 2.75) is 18.2 Å². The molecule has 96 valence electrons. The topological polar surface area (TPSA) is 67.3 Å². The van der Waals surface area contributed by atoms with Crippen LogP contribution in [-0.4, -0.2) is 46.3 Å². The summed E-state index contributed by atoms with van der Waals surface area (Å²) < 4.78 is 5.80. The Kier molecular flexibility index (Phi) is 6.01. The zero-order valence-corrected chi connectivity index (χ0v) is 12.4. The Bertz CT molecular complexity index is 363. The molecular weight excluding hydrogens is 306 g/mol. The number of aliphatic hydroxyl groups is 1. The molecule has 0 aliphatic heterocycles. The van der Waals surface area contributed by atoms with Crippen molar-refractivity contribution in [2.24, 2.45) is 0 Å². The van der Waals surface area contributed by atoms with Crippen molar-refractivity contribution in [2.75, 3.05) is 25.3 Å². The monoisotopic (exact) mass is 321 g/mol. The molecule has 0 spiro atoms. The van der Waals surface area contributed by atoms with Crippen LogP contribution in [0.5, 0.6) is 5.88 Å². The van der Waals surface area contributed by atoms with Gasteiger partial charge in [-0.25, -0.2) is 4.98 Å². The molecule has 7 heteroatoms. The molecular formula is C10H16BrN3O2S. The van der Waals surface area contributed by atoms with Crippen molar-refractivity contribution in [3.63, 3.8) is 0 Å². The van der Waals surface area contributed by atoms with E-state index in [4.69, 9.17) is 4.74 Å². The number of thioether (sulfide) groups is 1. The minimum Gasteiger partial charge on any atom is -0.480 e. The van der Waals surface area contributed by atoms with E-state index in [-0.39, 0.29) is 17.9 Å². The molecule has 1 rings (SSSR count). The van der Waals surface area contributed by atoms with Gasteiger partial charge in [-0.3, -0.25) is 0 Å². The van der Waals surface area contributed by atoms with Crippen molar-refractivity contribution in [3.8, 4) is 5.88 Å².